The number of carbonyl (C=O) groups excluding carboxylic acids is 3. The van der Waals surface area contributed by atoms with Crippen LogP contribution in [0.2, 0.25) is 0 Å². The van der Waals surface area contributed by atoms with Crippen molar-refractivity contribution in [3.63, 3.8) is 0 Å². The Balaban J connectivity index is 5.22. The van der Waals surface area contributed by atoms with Crippen molar-refractivity contribution in [2.45, 2.75) is 71.1 Å². The van der Waals surface area contributed by atoms with Crippen LogP contribution in [-0.2, 0) is 19.2 Å². The summed E-state index contributed by atoms with van der Waals surface area (Å²) in [5.74, 6) is -2.14. The van der Waals surface area contributed by atoms with Gasteiger partial charge in [0.15, 0.2) is 0 Å². The summed E-state index contributed by atoms with van der Waals surface area (Å²) < 4.78 is 0. The first kappa shape index (κ1) is 29.5. The lowest BCUT2D eigenvalue weighted by Gasteiger charge is -2.25. The van der Waals surface area contributed by atoms with Gasteiger partial charge >= 0.3 is 5.97 Å². The van der Waals surface area contributed by atoms with Crippen LogP contribution in [0.1, 0.15) is 47.0 Å². The highest BCUT2D eigenvalue weighted by Crippen LogP contribution is 2.08. The van der Waals surface area contributed by atoms with Gasteiger partial charge in [0, 0.05) is 5.75 Å². The van der Waals surface area contributed by atoms with E-state index in [1.54, 1.807) is 0 Å². The van der Waals surface area contributed by atoms with Gasteiger partial charge in [-0.2, -0.15) is 24.4 Å². The van der Waals surface area contributed by atoms with E-state index in [2.05, 4.69) is 28.6 Å². The molecule has 0 spiro atoms. The molecule has 31 heavy (non-hydrogen) atoms. The fourth-order valence-electron chi connectivity index (χ4n) is 2.72. The fraction of sp³-hybridized carbons (Fsp3) is 0.800. The van der Waals surface area contributed by atoms with Crippen LogP contribution in [0.15, 0.2) is 0 Å². The minimum Gasteiger partial charge on any atom is -0.480 e. The molecule has 0 aliphatic heterocycles. The van der Waals surface area contributed by atoms with Crippen molar-refractivity contribution in [1.82, 2.24) is 16.0 Å². The van der Waals surface area contributed by atoms with Crippen LogP contribution < -0.4 is 21.7 Å². The van der Waals surface area contributed by atoms with E-state index in [1.807, 2.05) is 34.0 Å². The molecule has 0 aliphatic rings. The van der Waals surface area contributed by atoms with Crippen molar-refractivity contribution in [2.24, 2.45) is 17.6 Å². The van der Waals surface area contributed by atoms with Crippen molar-refractivity contribution >= 4 is 48.1 Å². The molecule has 0 rings (SSSR count). The van der Waals surface area contributed by atoms with Crippen LogP contribution in [0.5, 0.6) is 0 Å². The highest BCUT2D eigenvalue weighted by atomic mass is 32.2. The minimum absolute atomic E-state index is 0.0266. The molecule has 9 nitrogen and oxygen atoms in total. The third-order valence-electron chi connectivity index (χ3n) is 4.94. The molecule has 0 saturated heterocycles. The third-order valence-corrected chi connectivity index (χ3v) is 5.95. The number of thiol groups is 1. The van der Waals surface area contributed by atoms with Crippen LogP contribution in [-0.4, -0.2) is 70.7 Å². The molecule has 0 heterocycles. The average Bonchev–Trinajstić information content (AvgIpc) is 2.72. The van der Waals surface area contributed by atoms with Crippen molar-refractivity contribution in [3.8, 4) is 0 Å². The molecule has 0 aromatic heterocycles. The van der Waals surface area contributed by atoms with Crippen LogP contribution in [0.4, 0.5) is 0 Å². The van der Waals surface area contributed by atoms with Crippen molar-refractivity contribution in [3.05, 3.63) is 0 Å². The van der Waals surface area contributed by atoms with Gasteiger partial charge in [0.05, 0.1) is 6.04 Å². The lowest BCUT2D eigenvalue weighted by atomic mass is 9.99. The second-order valence-electron chi connectivity index (χ2n) is 8.03. The summed E-state index contributed by atoms with van der Waals surface area (Å²) >= 11 is 5.64. The fourth-order valence-corrected chi connectivity index (χ4v) is 3.44. The monoisotopic (exact) mass is 478 g/mol. The van der Waals surface area contributed by atoms with Gasteiger partial charge < -0.3 is 26.8 Å². The summed E-state index contributed by atoms with van der Waals surface area (Å²) in [7, 11) is 0. The van der Waals surface area contributed by atoms with Gasteiger partial charge in [-0.25, -0.2) is 4.79 Å². The van der Waals surface area contributed by atoms with Crippen LogP contribution in [0.3, 0.4) is 0 Å². The molecule has 0 fully saturated rings. The van der Waals surface area contributed by atoms with E-state index >= 15 is 0 Å². The lowest BCUT2D eigenvalue weighted by Crippen LogP contribution is -2.58. The second-order valence-corrected chi connectivity index (χ2v) is 9.38. The zero-order chi connectivity index (χ0) is 24.1. The molecule has 0 bridgehead atoms. The maximum Gasteiger partial charge on any atom is 0.326 e. The Bertz CT molecular complexity index is 606. The first-order chi connectivity index (χ1) is 14.5. The van der Waals surface area contributed by atoms with Gasteiger partial charge in [-0.1, -0.05) is 34.1 Å². The highest BCUT2D eigenvalue weighted by Gasteiger charge is 2.30. The number of hydrogen-bond donors (Lipinski definition) is 6. The molecule has 0 aromatic rings. The highest BCUT2D eigenvalue weighted by molar-refractivity contribution is 7.98. The Morgan fingerprint density at radius 2 is 1.48 bits per heavy atom. The molecule has 5 atom stereocenters. The third kappa shape index (κ3) is 11.1. The molecular formula is C20H38N4O5S2. The summed E-state index contributed by atoms with van der Waals surface area (Å²) in [5, 5.41) is 17.0. The molecule has 0 aromatic carbocycles. The van der Waals surface area contributed by atoms with Gasteiger partial charge in [0.1, 0.15) is 18.1 Å². The Morgan fingerprint density at radius 1 is 0.968 bits per heavy atom. The number of amides is 3. The molecule has 11 heteroatoms. The predicted octanol–water partition coefficient (Wildman–Crippen LogP) is 0.628. The number of nitrogens with two attached hydrogens (primary N) is 1. The number of carbonyl (C=O) groups is 4. The van der Waals surface area contributed by atoms with E-state index < -0.39 is 47.9 Å². The van der Waals surface area contributed by atoms with E-state index in [4.69, 9.17) is 5.73 Å². The number of thioether (sulfide) groups is 1. The summed E-state index contributed by atoms with van der Waals surface area (Å²) in [4.78, 5) is 49.2. The number of carboxylic acid groups (broad SMARTS) is 1. The smallest absolute Gasteiger partial charge is 0.326 e. The molecule has 0 radical (unpaired) electrons. The number of carboxylic acids is 1. The molecule has 0 aliphatic carbocycles. The molecule has 6 N–H and O–H groups in total. The van der Waals surface area contributed by atoms with E-state index in [9.17, 15) is 24.3 Å². The molecule has 5 unspecified atom stereocenters. The largest absolute Gasteiger partial charge is 0.480 e. The summed E-state index contributed by atoms with van der Waals surface area (Å²) in [6.07, 6.45) is 3.22. The Kier molecular flexibility index (Phi) is 14.6. The van der Waals surface area contributed by atoms with E-state index in [-0.39, 0.29) is 24.0 Å². The summed E-state index contributed by atoms with van der Waals surface area (Å²) in [5.41, 5.74) is 5.97. The number of aliphatic carboxylic acids is 1. The summed E-state index contributed by atoms with van der Waals surface area (Å²) in [6.45, 7) is 7.49. The number of nitrogens with one attached hydrogen (secondary N) is 3. The number of hydrogen-bond acceptors (Lipinski definition) is 7. The van der Waals surface area contributed by atoms with E-state index in [1.165, 1.54) is 11.8 Å². The quantitative estimate of drug-likeness (QED) is 0.189. The van der Waals surface area contributed by atoms with Crippen LogP contribution in [0.25, 0.3) is 0 Å². The second kappa shape index (κ2) is 15.4. The summed E-state index contributed by atoms with van der Waals surface area (Å²) in [6, 6.07) is -3.71. The predicted molar refractivity (Wildman–Crippen MR) is 127 cm³/mol. The Labute approximate surface area is 194 Å². The standard InChI is InChI=1S/C20H38N4O5S2/c1-6-12(4)16(21)19(27)22-13(7-8-31-5)17(25)24-15(10-30)18(26)23-14(20(28)29)9-11(2)3/h11-16,30H,6-10,21H2,1-5H3,(H,22,27)(H,23,26)(H,24,25)(H,28,29). The Morgan fingerprint density at radius 3 is 1.94 bits per heavy atom. The zero-order valence-electron chi connectivity index (χ0n) is 19.0. The van der Waals surface area contributed by atoms with Gasteiger partial charge in [-0.15, -0.1) is 0 Å². The van der Waals surface area contributed by atoms with Crippen molar-refractivity contribution < 1.29 is 24.3 Å². The Hall–Kier alpha value is -1.46. The van der Waals surface area contributed by atoms with Gasteiger partial charge in [-0.05, 0) is 36.7 Å². The number of rotatable bonds is 15. The molecule has 3 amide bonds. The van der Waals surface area contributed by atoms with E-state index in [0.29, 0.717) is 12.2 Å². The lowest BCUT2D eigenvalue weighted by molar-refractivity contribution is -0.142. The molecule has 0 saturated carbocycles. The van der Waals surface area contributed by atoms with Crippen LogP contribution >= 0.6 is 24.4 Å². The maximum absolute atomic E-state index is 12.8. The molecule has 180 valence electrons. The van der Waals surface area contributed by atoms with Crippen molar-refractivity contribution in [2.75, 3.05) is 17.8 Å². The topological polar surface area (TPSA) is 151 Å². The zero-order valence-corrected chi connectivity index (χ0v) is 20.7. The minimum atomic E-state index is -1.14. The molecular weight excluding hydrogens is 440 g/mol. The van der Waals surface area contributed by atoms with Gasteiger partial charge in [0.2, 0.25) is 17.7 Å². The first-order valence-corrected chi connectivity index (χ1v) is 12.5. The SMILES string of the molecule is CCC(C)C(N)C(=O)NC(CCSC)C(=O)NC(CS)C(=O)NC(CC(C)C)C(=O)O. The van der Waals surface area contributed by atoms with Crippen LogP contribution in [0, 0.1) is 11.8 Å². The van der Waals surface area contributed by atoms with Gasteiger partial charge in [0.25, 0.3) is 0 Å². The first-order valence-electron chi connectivity index (χ1n) is 10.5. The maximum atomic E-state index is 12.8. The van der Waals surface area contributed by atoms with E-state index in [0.717, 1.165) is 6.42 Å². The van der Waals surface area contributed by atoms with Gasteiger partial charge in [-0.3, -0.25) is 14.4 Å². The average molecular weight is 479 g/mol. The van der Waals surface area contributed by atoms with Crippen molar-refractivity contribution in [1.29, 1.82) is 0 Å². The normalized spacial score (nSPS) is 16.0.